The molecule has 0 atom stereocenters. The summed E-state index contributed by atoms with van der Waals surface area (Å²) in [7, 11) is 0. The maximum absolute atomic E-state index is 5.66. The van der Waals surface area contributed by atoms with E-state index in [1.165, 1.54) is 11.3 Å². The number of hydrogen-bond acceptors (Lipinski definition) is 8. The lowest BCUT2D eigenvalue weighted by atomic mass is 10.4. The Morgan fingerprint density at radius 3 is 2.74 bits per heavy atom. The molecule has 6 nitrogen and oxygen atoms in total. The van der Waals surface area contributed by atoms with Gasteiger partial charge in [0.1, 0.15) is 9.88 Å². The van der Waals surface area contributed by atoms with Crippen molar-refractivity contribution in [1.29, 1.82) is 0 Å². The van der Waals surface area contributed by atoms with Gasteiger partial charge in [-0.3, -0.25) is 0 Å². The Kier molecular flexibility index (Phi) is 3.03. The van der Waals surface area contributed by atoms with Crippen LogP contribution in [0, 0.1) is 13.8 Å². The lowest BCUT2D eigenvalue weighted by Crippen LogP contribution is -1.90. The van der Waals surface area contributed by atoms with Gasteiger partial charge in [-0.05, 0) is 13.8 Å². The molecular formula is C11H11N5OS2. The van der Waals surface area contributed by atoms with Crippen LogP contribution in [0.1, 0.15) is 22.2 Å². The molecule has 0 saturated heterocycles. The minimum atomic E-state index is 0.468. The molecule has 0 bridgehead atoms. The van der Waals surface area contributed by atoms with Gasteiger partial charge in [-0.2, -0.15) is 4.98 Å². The number of aryl methyl sites for hydroxylation is 2. The summed E-state index contributed by atoms with van der Waals surface area (Å²) in [5, 5.41) is 7.45. The van der Waals surface area contributed by atoms with Crippen molar-refractivity contribution in [2.24, 2.45) is 0 Å². The fraction of sp³-hybridized carbons (Fsp3) is 0.273. The molecule has 3 aromatic heterocycles. The maximum atomic E-state index is 5.66. The van der Waals surface area contributed by atoms with E-state index in [4.69, 9.17) is 10.3 Å². The summed E-state index contributed by atoms with van der Waals surface area (Å²) in [6.45, 7) is 3.83. The lowest BCUT2D eigenvalue weighted by Gasteiger charge is -1.88. The van der Waals surface area contributed by atoms with Gasteiger partial charge in [0.2, 0.25) is 0 Å². The Labute approximate surface area is 117 Å². The predicted octanol–water partition coefficient (Wildman–Crippen LogP) is 2.44. The van der Waals surface area contributed by atoms with E-state index in [0.717, 1.165) is 21.3 Å². The number of nitrogens with zero attached hydrogens (tertiary/aromatic N) is 4. The van der Waals surface area contributed by atoms with Crippen LogP contribution in [0.3, 0.4) is 0 Å². The lowest BCUT2D eigenvalue weighted by molar-refractivity contribution is 0.424. The van der Waals surface area contributed by atoms with Gasteiger partial charge in [0.15, 0.2) is 11.0 Å². The molecule has 0 unspecified atom stereocenters. The molecule has 3 heterocycles. The first kappa shape index (κ1) is 12.2. The van der Waals surface area contributed by atoms with Crippen molar-refractivity contribution in [3.8, 4) is 10.8 Å². The molecule has 0 aliphatic carbocycles. The number of nitrogens with two attached hydrogens (primary N) is 1. The van der Waals surface area contributed by atoms with E-state index in [0.29, 0.717) is 23.3 Å². The van der Waals surface area contributed by atoms with Gasteiger partial charge in [-0.25, -0.2) is 9.97 Å². The van der Waals surface area contributed by atoms with Gasteiger partial charge in [-0.1, -0.05) is 16.5 Å². The third kappa shape index (κ3) is 2.49. The second-order valence-electron chi connectivity index (χ2n) is 4.04. The van der Waals surface area contributed by atoms with E-state index in [9.17, 15) is 0 Å². The normalized spacial score (nSPS) is 11.1. The molecule has 8 heteroatoms. The van der Waals surface area contributed by atoms with Gasteiger partial charge >= 0.3 is 0 Å². The fourth-order valence-corrected chi connectivity index (χ4v) is 3.18. The maximum Gasteiger partial charge on any atom is 0.270 e. The van der Waals surface area contributed by atoms with Gasteiger partial charge in [0.25, 0.3) is 5.89 Å². The molecule has 3 rings (SSSR count). The van der Waals surface area contributed by atoms with Crippen molar-refractivity contribution >= 4 is 27.8 Å². The van der Waals surface area contributed by atoms with Crippen molar-refractivity contribution in [3.05, 3.63) is 27.6 Å². The molecule has 3 aromatic rings. The Balaban J connectivity index is 1.85. The van der Waals surface area contributed by atoms with Crippen LogP contribution in [0.2, 0.25) is 0 Å². The van der Waals surface area contributed by atoms with Crippen molar-refractivity contribution in [3.63, 3.8) is 0 Å². The summed E-state index contributed by atoms with van der Waals surface area (Å²) in [6, 6.07) is 0. The molecule has 0 radical (unpaired) electrons. The zero-order valence-electron chi connectivity index (χ0n) is 10.4. The molecule has 0 aliphatic rings. The van der Waals surface area contributed by atoms with Crippen LogP contribution in [0.15, 0.2) is 9.90 Å². The Bertz CT molecular complexity index is 714. The highest BCUT2D eigenvalue weighted by Gasteiger charge is 2.16. The largest absolute Gasteiger partial charge is 0.375 e. The molecule has 0 saturated carbocycles. The SMILES string of the molecule is Cc1csc(Cc2noc(-c3sc(N)nc3C)n2)n1. The van der Waals surface area contributed by atoms with E-state index in [2.05, 4.69) is 20.1 Å². The highest BCUT2D eigenvalue weighted by molar-refractivity contribution is 7.18. The third-order valence-corrected chi connectivity index (χ3v) is 4.39. The minimum Gasteiger partial charge on any atom is -0.375 e. The van der Waals surface area contributed by atoms with E-state index in [-0.39, 0.29) is 0 Å². The van der Waals surface area contributed by atoms with Crippen molar-refractivity contribution in [2.45, 2.75) is 20.3 Å². The molecule has 98 valence electrons. The summed E-state index contributed by atoms with van der Waals surface area (Å²) < 4.78 is 5.25. The monoisotopic (exact) mass is 293 g/mol. The average molecular weight is 293 g/mol. The second kappa shape index (κ2) is 4.71. The Hall–Kier alpha value is -1.80. The van der Waals surface area contributed by atoms with Crippen LogP contribution in [0.25, 0.3) is 10.8 Å². The van der Waals surface area contributed by atoms with Gasteiger partial charge in [-0.15, -0.1) is 11.3 Å². The molecule has 0 aromatic carbocycles. The number of rotatable bonds is 3. The highest BCUT2D eigenvalue weighted by Crippen LogP contribution is 2.30. The summed E-state index contributed by atoms with van der Waals surface area (Å²) in [5.41, 5.74) is 7.48. The summed E-state index contributed by atoms with van der Waals surface area (Å²) >= 11 is 2.94. The van der Waals surface area contributed by atoms with Crippen molar-refractivity contribution < 1.29 is 4.52 Å². The molecule has 0 fully saturated rings. The van der Waals surface area contributed by atoms with Gasteiger partial charge in [0.05, 0.1) is 12.1 Å². The van der Waals surface area contributed by atoms with Crippen LogP contribution >= 0.6 is 22.7 Å². The molecule has 0 amide bonds. The zero-order chi connectivity index (χ0) is 13.4. The molecule has 2 N–H and O–H groups in total. The van der Waals surface area contributed by atoms with Crippen LogP contribution in [0.4, 0.5) is 5.13 Å². The fourth-order valence-electron chi connectivity index (χ4n) is 1.65. The first-order valence-corrected chi connectivity index (χ1v) is 7.28. The number of anilines is 1. The first-order valence-electron chi connectivity index (χ1n) is 5.58. The van der Waals surface area contributed by atoms with Crippen LogP contribution < -0.4 is 5.73 Å². The topological polar surface area (TPSA) is 90.7 Å². The van der Waals surface area contributed by atoms with E-state index in [1.54, 1.807) is 11.3 Å². The van der Waals surface area contributed by atoms with E-state index < -0.39 is 0 Å². The van der Waals surface area contributed by atoms with Gasteiger partial charge < -0.3 is 10.3 Å². The van der Waals surface area contributed by atoms with Crippen molar-refractivity contribution in [1.82, 2.24) is 20.1 Å². The molecule has 19 heavy (non-hydrogen) atoms. The summed E-state index contributed by atoms with van der Waals surface area (Å²) in [5.74, 6) is 1.09. The Morgan fingerprint density at radius 2 is 2.11 bits per heavy atom. The standard InChI is InChI=1S/C11H11N5OS2/c1-5-4-18-8(13-5)3-7-15-10(17-16-7)9-6(2)14-11(12)19-9/h4H,3H2,1-2H3,(H2,12,14). The third-order valence-electron chi connectivity index (χ3n) is 2.45. The number of nitrogen functional groups attached to an aromatic ring is 1. The van der Waals surface area contributed by atoms with Crippen molar-refractivity contribution in [2.75, 3.05) is 5.73 Å². The van der Waals surface area contributed by atoms with Crippen LogP contribution in [0.5, 0.6) is 0 Å². The van der Waals surface area contributed by atoms with Gasteiger partial charge in [0, 0.05) is 11.1 Å². The average Bonchev–Trinajstić information content (AvgIpc) is 3.02. The number of hydrogen-bond donors (Lipinski definition) is 1. The predicted molar refractivity (Wildman–Crippen MR) is 74.2 cm³/mol. The minimum absolute atomic E-state index is 0.468. The first-order chi connectivity index (χ1) is 9.11. The summed E-state index contributed by atoms with van der Waals surface area (Å²) in [4.78, 5) is 13.7. The smallest absolute Gasteiger partial charge is 0.270 e. The molecular weight excluding hydrogens is 282 g/mol. The second-order valence-corrected chi connectivity index (χ2v) is 6.02. The summed E-state index contributed by atoms with van der Waals surface area (Å²) in [6.07, 6.45) is 0.579. The number of aromatic nitrogens is 4. The Morgan fingerprint density at radius 1 is 1.26 bits per heavy atom. The zero-order valence-corrected chi connectivity index (χ0v) is 12.0. The number of thiazole rings is 2. The quantitative estimate of drug-likeness (QED) is 0.797. The van der Waals surface area contributed by atoms with E-state index in [1.807, 2.05) is 19.2 Å². The van der Waals surface area contributed by atoms with Crippen LogP contribution in [-0.4, -0.2) is 20.1 Å². The molecule has 0 spiro atoms. The molecule has 0 aliphatic heterocycles. The van der Waals surface area contributed by atoms with Crippen LogP contribution in [-0.2, 0) is 6.42 Å². The highest BCUT2D eigenvalue weighted by atomic mass is 32.1. The van der Waals surface area contributed by atoms with E-state index >= 15 is 0 Å².